The Bertz CT molecular complexity index is 1710. The highest BCUT2D eigenvalue weighted by molar-refractivity contribution is 6.00. The van der Waals surface area contributed by atoms with E-state index in [4.69, 9.17) is 4.98 Å². The largest absolute Gasteiger partial charge is 0.352 e. The van der Waals surface area contributed by atoms with Crippen LogP contribution in [0.4, 0.5) is 4.39 Å². The summed E-state index contributed by atoms with van der Waals surface area (Å²) in [4.78, 5) is 19.3. The lowest BCUT2D eigenvalue weighted by Gasteiger charge is -2.10. The van der Waals surface area contributed by atoms with E-state index in [1.807, 2.05) is 57.7 Å². The average Bonchev–Trinajstić information content (AvgIpc) is 3.46. The molecule has 5 heterocycles. The number of nitrogens with one attached hydrogen (secondary N) is 2. The highest BCUT2D eigenvalue weighted by Gasteiger charge is 2.16. The first-order chi connectivity index (χ1) is 17.4. The Labute approximate surface area is 207 Å². The Hall–Kier alpha value is -4.43. The Morgan fingerprint density at radius 1 is 0.889 bits per heavy atom. The SMILES string of the molecule is Cc1cc(F)cc(-c2cncc3[nH]c(-c4n[nH]c5ccc(-c6cncc(CN(C)C)c6)nc45)cc23)c1. The third-order valence-corrected chi connectivity index (χ3v) is 6.15. The average molecular weight is 478 g/mol. The number of benzene rings is 1. The molecule has 1 aromatic carbocycles. The fourth-order valence-electron chi connectivity index (χ4n) is 4.63. The van der Waals surface area contributed by atoms with Gasteiger partial charge in [0.2, 0.25) is 0 Å². The van der Waals surface area contributed by atoms with Crippen molar-refractivity contribution in [3.63, 3.8) is 0 Å². The van der Waals surface area contributed by atoms with Crippen molar-refractivity contribution < 1.29 is 4.39 Å². The van der Waals surface area contributed by atoms with E-state index in [1.165, 1.54) is 12.1 Å². The van der Waals surface area contributed by atoms with E-state index in [0.717, 1.165) is 67.7 Å². The van der Waals surface area contributed by atoms with Gasteiger partial charge in [0.15, 0.2) is 0 Å². The van der Waals surface area contributed by atoms with Gasteiger partial charge < -0.3 is 9.88 Å². The van der Waals surface area contributed by atoms with Crippen molar-refractivity contribution in [1.29, 1.82) is 0 Å². The van der Waals surface area contributed by atoms with E-state index in [0.29, 0.717) is 5.69 Å². The van der Waals surface area contributed by atoms with Gasteiger partial charge in [0, 0.05) is 41.6 Å². The molecule has 6 aromatic rings. The number of aryl methyl sites for hydroxylation is 1. The predicted molar refractivity (Wildman–Crippen MR) is 140 cm³/mol. The molecule has 2 N–H and O–H groups in total. The Balaban J connectivity index is 1.45. The van der Waals surface area contributed by atoms with Gasteiger partial charge in [-0.2, -0.15) is 5.10 Å². The first kappa shape index (κ1) is 22.1. The number of aromatic nitrogens is 6. The number of aromatic amines is 2. The zero-order valence-corrected chi connectivity index (χ0v) is 20.2. The molecule has 0 fully saturated rings. The number of halogens is 1. The van der Waals surface area contributed by atoms with Gasteiger partial charge in [-0.15, -0.1) is 0 Å². The second-order valence-electron chi connectivity index (χ2n) is 9.33. The van der Waals surface area contributed by atoms with Gasteiger partial charge in [0.25, 0.3) is 0 Å². The molecule has 0 aliphatic heterocycles. The van der Waals surface area contributed by atoms with E-state index in [2.05, 4.69) is 36.1 Å². The van der Waals surface area contributed by atoms with Crippen LogP contribution in [0.15, 0.2) is 67.3 Å². The molecule has 178 valence electrons. The van der Waals surface area contributed by atoms with Crippen LogP contribution in [0.25, 0.3) is 55.7 Å². The van der Waals surface area contributed by atoms with Crippen molar-refractivity contribution in [1.82, 2.24) is 35.0 Å². The summed E-state index contributed by atoms with van der Waals surface area (Å²) in [7, 11) is 4.07. The maximum absolute atomic E-state index is 14.1. The van der Waals surface area contributed by atoms with Gasteiger partial charge in [0.05, 0.1) is 28.6 Å². The summed E-state index contributed by atoms with van der Waals surface area (Å²) < 4.78 is 14.1. The molecule has 0 bridgehead atoms. The summed E-state index contributed by atoms with van der Waals surface area (Å²) in [5.74, 6) is -0.267. The number of H-pyrrole nitrogens is 2. The van der Waals surface area contributed by atoms with E-state index < -0.39 is 0 Å². The molecule has 0 aliphatic carbocycles. The van der Waals surface area contributed by atoms with Crippen molar-refractivity contribution in [2.24, 2.45) is 0 Å². The monoisotopic (exact) mass is 477 g/mol. The minimum atomic E-state index is -0.267. The highest BCUT2D eigenvalue weighted by atomic mass is 19.1. The van der Waals surface area contributed by atoms with Gasteiger partial charge in [0.1, 0.15) is 17.0 Å². The van der Waals surface area contributed by atoms with Gasteiger partial charge in [-0.1, -0.05) is 6.07 Å². The van der Waals surface area contributed by atoms with Crippen LogP contribution in [-0.2, 0) is 6.54 Å². The summed E-state index contributed by atoms with van der Waals surface area (Å²) >= 11 is 0. The summed E-state index contributed by atoms with van der Waals surface area (Å²) in [5, 5.41) is 8.59. The third kappa shape index (κ3) is 4.01. The second-order valence-corrected chi connectivity index (χ2v) is 9.33. The first-order valence-corrected chi connectivity index (χ1v) is 11.6. The molecule has 0 saturated heterocycles. The summed E-state index contributed by atoms with van der Waals surface area (Å²) in [5.41, 5.74) is 9.36. The molecule has 8 heteroatoms. The van der Waals surface area contributed by atoms with Crippen LogP contribution in [0.1, 0.15) is 11.1 Å². The van der Waals surface area contributed by atoms with Crippen LogP contribution in [0.2, 0.25) is 0 Å². The molecule has 0 amide bonds. The van der Waals surface area contributed by atoms with Crippen LogP contribution in [0.3, 0.4) is 0 Å². The molecular formula is C28H24FN7. The number of pyridine rings is 3. The smallest absolute Gasteiger partial charge is 0.135 e. The summed E-state index contributed by atoms with van der Waals surface area (Å²) in [6, 6.07) is 13.1. The second kappa shape index (κ2) is 8.66. The summed E-state index contributed by atoms with van der Waals surface area (Å²) in [6.07, 6.45) is 7.24. The van der Waals surface area contributed by atoms with E-state index in [1.54, 1.807) is 12.4 Å². The number of fused-ring (bicyclic) bond motifs is 2. The molecule has 36 heavy (non-hydrogen) atoms. The van der Waals surface area contributed by atoms with Crippen LogP contribution in [0.5, 0.6) is 0 Å². The van der Waals surface area contributed by atoms with Crippen molar-refractivity contribution in [3.05, 3.63) is 84.2 Å². The van der Waals surface area contributed by atoms with Gasteiger partial charge in [-0.3, -0.25) is 15.1 Å². The lowest BCUT2D eigenvalue weighted by Crippen LogP contribution is -2.10. The van der Waals surface area contributed by atoms with Gasteiger partial charge >= 0.3 is 0 Å². The van der Waals surface area contributed by atoms with Crippen LogP contribution in [0, 0.1) is 12.7 Å². The molecular weight excluding hydrogens is 453 g/mol. The molecule has 0 spiro atoms. The minimum absolute atomic E-state index is 0.267. The predicted octanol–water partition coefficient (Wildman–Crippen LogP) is 5.74. The number of nitrogens with zero attached hydrogens (tertiary/aromatic N) is 5. The molecule has 0 saturated carbocycles. The van der Waals surface area contributed by atoms with E-state index in [9.17, 15) is 4.39 Å². The minimum Gasteiger partial charge on any atom is -0.352 e. The Kier molecular flexibility index (Phi) is 5.30. The lowest BCUT2D eigenvalue weighted by molar-refractivity contribution is 0.402. The quantitative estimate of drug-likeness (QED) is 0.331. The normalized spacial score (nSPS) is 11.7. The van der Waals surface area contributed by atoms with Crippen molar-refractivity contribution in [2.45, 2.75) is 13.5 Å². The van der Waals surface area contributed by atoms with Gasteiger partial charge in [-0.05, 0) is 74.1 Å². The third-order valence-electron chi connectivity index (χ3n) is 6.15. The first-order valence-electron chi connectivity index (χ1n) is 11.6. The zero-order valence-electron chi connectivity index (χ0n) is 20.2. The number of hydrogen-bond donors (Lipinski definition) is 2. The van der Waals surface area contributed by atoms with Crippen molar-refractivity contribution >= 4 is 21.9 Å². The summed E-state index contributed by atoms with van der Waals surface area (Å²) in [6.45, 7) is 2.68. The molecule has 7 nitrogen and oxygen atoms in total. The molecule has 6 rings (SSSR count). The van der Waals surface area contributed by atoms with Crippen LogP contribution in [-0.4, -0.2) is 49.1 Å². The lowest BCUT2D eigenvalue weighted by atomic mass is 10.0. The fourth-order valence-corrected chi connectivity index (χ4v) is 4.63. The van der Waals surface area contributed by atoms with Crippen molar-refractivity contribution in [3.8, 4) is 33.8 Å². The standard InChI is InChI=1S/C28H24FN7/c1-16-6-18(9-20(29)7-16)22-13-31-14-26-21(22)10-25(32-26)28-27-24(34-35-28)5-4-23(33-27)19-8-17(11-30-12-19)15-36(2)3/h4-14,32H,15H2,1-3H3,(H,34,35). The molecule has 0 unspecified atom stereocenters. The Morgan fingerprint density at radius 2 is 1.75 bits per heavy atom. The van der Waals surface area contributed by atoms with Gasteiger partial charge in [-0.25, -0.2) is 9.37 Å². The van der Waals surface area contributed by atoms with E-state index in [-0.39, 0.29) is 5.82 Å². The fraction of sp³-hybridized carbons (Fsp3) is 0.143. The molecule has 0 atom stereocenters. The molecule has 0 aliphatic rings. The topological polar surface area (TPSA) is 86.4 Å². The van der Waals surface area contributed by atoms with Crippen LogP contribution < -0.4 is 0 Å². The van der Waals surface area contributed by atoms with Crippen molar-refractivity contribution in [2.75, 3.05) is 14.1 Å². The van der Waals surface area contributed by atoms with E-state index >= 15 is 0 Å². The maximum Gasteiger partial charge on any atom is 0.135 e. The zero-order chi connectivity index (χ0) is 24.8. The number of rotatable bonds is 5. The molecule has 0 radical (unpaired) electrons. The Morgan fingerprint density at radius 3 is 2.58 bits per heavy atom. The molecule has 5 aromatic heterocycles. The number of hydrogen-bond acceptors (Lipinski definition) is 5. The maximum atomic E-state index is 14.1. The highest BCUT2D eigenvalue weighted by Crippen LogP contribution is 2.34. The van der Waals surface area contributed by atoms with Crippen LogP contribution >= 0.6 is 0 Å².